The molecule has 2 fully saturated rings. The summed E-state index contributed by atoms with van der Waals surface area (Å²) in [5.74, 6) is -3.07. The molecule has 6 nitrogen and oxygen atoms in total. The van der Waals surface area contributed by atoms with Gasteiger partial charge in [-0.3, -0.25) is 9.59 Å². The number of amides is 1. The van der Waals surface area contributed by atoms with Crippen LogP contribution in [-0.2, 0) is 22.6 Å². The predicted octanol–water partition coefficient (Wildman–Crippen LogP) is 6.99. The molecular weight excluding hydrogens is 526 g/mol. The molecule has 3 aromatic carbocycles. The van der Waals surface area contributed by atoms with Crippen molar-refractivity contribution in [1.29, 1.82) is 0 Å². The van der Waals surface area contributed by atoms with E-state index in [2.05, 4.69) is 5.32 Å². The Bertz CT molecular complexity index is 1620. The molecule has 212 valence electrons. The number of nitrogens with one attached hydrogen (secondary N) is 1. The average molecular weight is 559 g/mol. The number of aromatic nitrogens is 1. The summed E-state index contributed by atoms with van der Waals surface area (Å²) in [4.78, 5) is 25.3. The van der Waals surface area contributed by atoms with Crippen LogP contribution in [0.2, 0.25) is 0 Å². The normalized spacial score (nSPS) is 17.0. The maximum Gasteiger partial charge on any atom is 0.309 e. The Morgan fingerprint density at radius 3 is 2.37 bits per heavy atom. The Hall–Kier alpha value is -4.20. The molecule has 1 amide bonds. The number of hydrogen-bond donors (Lipinski definition) is 3. The van der Waals surface area contributed by atoms with Crippen LogP contribution in [0.25, 0.3) is 10.8 Å². The third kappa shape index (κ3) is 5.43. The third-order valence-corrected chi connectivity index (χ3v) is 8.79. The molecule has 0 spiro atoms. The van der Waals surface area contributed by atoms with E-state index in [0.29, 0.717) is 36.9 Å². The highest BCUT2D eigenvalue weighted by Crippen LogP contribution is 2.48. The van der Waals surface area contributed by atoms with Crippen LogP contribution < -0.4 is 5.32 Å². The number of benzene rings is 3. The van der Waals surface area contributed by atoms with E-state index in [1.54, 1.807) is 10.8 Å². The summed E-state index contributed by atoms with van der Waals surface area (Å²) in [5, 5.41) is 23.9. The van der Waals surface area contributed by atoms with Gasteiger partial charge in [0.15, 0.2) is 17.5 Å². The number of carbonyl (C=O) groups excluding carboxylic acids is 1. The number of carboxylic acids is 1. The summed E-state index contributed by atoms with van der Waals surface area (Å²) in [6, 6.07) is 17.2. The van der Waals surface area contributed by atoms with Gasteiger partial charge in [-0.25, -0.2) is 8.78 Å². The van der Waals surface area contributed by atoms with Crippen LogP contribution >= 0.6 is 0 Å². The second-order valence-electron chi connectivity index (χ2n) is 11.6. The Kier molecular flexibility index (Phi) is 7.01. The van der Waals surface area contributed by atoms with E-state index < -0.39 is 23.0 Å². The number of anilines is 1. The van der Waals surface area contributed by atoms with Gasteiger partial charge in [-0.1, -0.05) is 49.2 Å². The van der Waals surface area contributed by atoms with Gasteiger partial charge in [0, 0.05) is 22.7 Å². The van der Waals surface area contributed by atoms with E-state index in [-0.39, 0.29) is 29.0 Å². The predicted molar refractivity (Wildman–Crippen MR) is 152 cm³/mol. The van der Waals surface area contributed by atoms with Gasteiger partial charge in [0.2, 0.25) is 5.91 Å². The minimum Gasteiger partial charge on any atom is -0.494 e. The fourth-order valence-electron chi connectivity index (χ4n) is 6.31. The van der Waals surface area contributed by atoms with E-state index in [1.807, 2.05) is 48.5 Å². The van der Waals surface area contributed by atoms with Crippen LogP contribution in [0.3, 0.4) is 0 Å². The monoisotopic (exact) mass is 558 g/mol. The Morgan fingerprint density at radius 1 is 0.976 bits per heavy atom. The lowest BCUT2D eigenvalue weighted by Crippen LogP contribution is -2.26. The lowest BCUT2D eigenvalue weighted by molar-refractivity contribution is -0.143. The first-order chi connectivity index (χ1) is 19.7. The van der Waals surface area contributed by atoms with E-state index in [1.165, 1.54) is 0 Å². The van der Waals surface area contributed by atoms with Crippen molar-refractivity contribution in [2.75, 3.05) is 5.32 Å². The number of aliphatic carboxylic acids is 1. The van der Waals surface area contributed by atoms with Crippen LogP contribution in [0.5, 0.6) is 5.88 Å². The van der Waals surface area contributed by atoms with Gasteiger partial charge in [0.05, 0.1) is 17.9 Å². The first kappa shape index (κ1) is 27.0. The molecule has 1 unspecified atom stereocenters. The number of carboxylic acid groups (broad SMARTS) is 1. The number of hydrogen-bond acceptors (Lipinski definition) is 3. The molecule has 0 aliphatic heterocycles. The fraction of sp³-hybridized carbons (Fsp3) is 0.333. The summed E-state index contributed by atoms with van der Waals surface area (Å²) in [5.41, 5.74) is 2.67. The lowest BCUT2D eigenvalue weighted by atomic mass is 9.83. The van der Waals surface area contributed by atoms with Crippen molar-refractivity contribution < 1.29 is 28.6 Å². The van der Waals surface area contributed by atoms with Crippen molar-refractivity contribution in [1.82, 2.24) is 4.57 Å². The minimum atomic E-state index is -1.01. The summed E-state index contributed by atoms with van der Waals surface area (Å²) in [6.07, 6.45) is 7.51. The van der Waals surface area contributed by atoms with E-state index in [4.69, 9.17) is 0 Å². The van der Waals surface area contributed by atoms with Crippen LogP contribution in [0.15, 0.2) is 66.9 Å². The quantitative estimate of drug-likeness (QED) is 0.206. The maximum absolute atomic E-state index is 13.7. The molecule has 2 saturated carbocycles. The van der Waals surface area contributed by atoms with Gasteiger partial charge in [0.1, 0.15) is 0 Å². The van der Waals surface area contributed by atoms with Crippen molar-refractivity contribution in [2.24, 2.45) is 11.3 Å². The van der Waals surface area contributed by atoms with Gasteiger partial charge in [-0.15, -0.1) is 0 Å². The van der Waals surface area contributed by atoms with Crippen molar-refractivity contribution in [3.8, 4) is 5.88 Å². The number of aromatic hydroxyl groups is 1. The Morgan fingerprint density at radius 2 is 1.68 bits per heavy atom. The molecule has 0 saturated heterocycles. The topological polar surface area (TPSA) is 91.6 Å². The van der Waals surface area contributed by atoms with Crippen LogP contribution in [0.4, 0.5) is 14.5 Å². The molecule has 2 aliphatic rings. The van der Waals surface area contributed by atoms with Gasteiger partial charge < -0.3 is 20.1 Å². The maximum atomic E-state index is 13.7. The minimum absolute atomic E-state index is 0.0838. The first-order valence-electron chi connectivity index (χ1n) is 14.1. The van der Waals surface area contributed by atoms with E-state index in [9.17, 15) is 28.6 Å². The molecule has 1 aromatic heterocycles. The molecular formula is C33H32F2N2O4. The molecule has 2 aliphatic carbocycles. The number of rotatable bonds is 9. The van der Waals surface area contributed by atoms with Crippen molar-refractivity contribution in [3.05, 3.63) is 95.2 Å². The Labute approximate surface area is 236 Å². The second-order valence-corrected chi connectivity index (χ2v) is 11.6. The zero-order chi connectivity index (χ0) is 28.7. The molecule has 1 heterocycles. The highest BCUT2D eigenvalue weighted by atomic mass is 19.2. The van der Waals surface area contributed by atoms with E-state index in [0.717, 1.165) is 54.5 Å². The molecule has 8 heteroatoms. The summed E-state index contributed by atoms with van der Waals surface area (Å²) < 4.78 is 28.9. The molecule has 4 aromatic rings. The van der Waals surface area contributed by atoms with Gasteiger partial charge in [0.25, 0.3) is 0 Å². The molecule has 3 N–H and O–H groups in total. The lowest BCUT2D eigenvalue weighted by Gasteiger charge is -2.24. The second kappa shape index (κ2) is 10.7. The molecule has 1 atom stereocenters. The van der Waals surface area contributed by atoms with E-state index >= 15 is 0 Å². The van der Waals surface area contributed by atoms with Crippen LogP contribution in [0.1, 0.15) is 61.1 Å². The number of carbonyl (C=O) groups is 2. The third-order valence-electron chi connectivity index (χ3n) is 8.79. The molecule has 0 bridgehead atoms. The van der Waals surface area contributed by atoms with Crippen LogP contribution in [0, 0.1) is 23.0 Å². The van der Waals surface area contributed by atoms with Gasteiger partial charge in [-0.2, -0.15) is 0 Å². The number of fused-ring (bicyclic) bond motifs is 1. The van der Waals surface area contributed by atoms with Gasteiger partial charge >= 0.3 is 5.97 Å². The fourth-order valence-corrected chi connectivity index (χ4v) is 6.31. The van der Waals surface area contributed by atoms with Gasteiger partial charge in [-0.05, 0) is 79.0 Å². The standard InChI is InChI=1S/C33H32F2N2O4/c34-27-15-24-19-37(31(39)26(24)16-28(27)35)18-20-8-10-23(11-9-20)29(22-5-1-2-6-22)30(38)36-25-7-3-4-21(14-25)17-33(12-13-33)32(40)41/h3-4,7-11,14-16,19,22,29,39H,1-2,5-6,12-13,17-18H2,(H,36,38)(H,40,41). The molecule has 41 heavy (non-hydrogen) atoms. The average Bonchev–Trinajstić information content (AvgIpc) is 3.42. The molecule has 0 radical (unpaired) electrons. The highest BCUT2D eigenvalue weighted by Gasteiger charge is 2.50. The Balaban J connectivity index is 1.20. The SMILES string of the molecule is O=C(Nc1cccc(CC2(C(=O)O)CC2)c1)C(c1ccc(Cn2cc3cc(F)c(F)cc3c2O)cc1)C1CCCC1. The van der Waals surface area contributed by atoms with Crippen molar-refractivity contribution >= 4 is 28.3 Å². The zero-order valence-corrected chi connectivity index (χ0v) is 22.6. The van der Waals surface area contributed by atoms with Crippen molar-refractivity contribution in [2.45, 2.75) is 57.4 Å². The highest BCUT2D eigenvalue weighted by molar-refractivity contribution is 5.96. The molecule has 6 rings (SSSR count). The summed E-state index contributed by atoms with van der Waals surface area (Å²) in [7, 11) is 0. The summed E-state index contributed by atoms with van der Waals surface area (Å²) in [6.45, 7) is 0.301. The smallest absolute Gasteiger partial charge is 0.309 e. The van der Waals surface area contributed by atoms with Crippen molar-refractivity contribution in [3.63, 3.8) is 0 Å². The first-order valence-corrected chi connectivity index (χ1v) is 14.1. The number of nitrogens with zero attached hydrogens (tertiary/aromatic N) is 1. The zero-order valence-electron chi connectivity index (χ0n) is 22.6. The van der Waals surface area contributed by atoms with Crippen LogP contribution in [-0.4, -0.2) is 26.7 Å². The summed E-state index contributed by atoms with van der Waals surface area (Å²) >= 11 is 0. The largest absolute Gasteiger partial charge is 0.494 e. The number of halogens is 2.